The molecule has 2 fully saturated rings. The van der Waals surface area contributed by atoms with Gasteiger partial charge >= 0.3 is 24.4 Å². The Hall–Kier alpha value is -5.69. The lowest BCUT2D eigenvalue weighted by Crippen LogP contribution is -2.60. The molecule has 0 aliphatic carbocycles. The Morgan fingerprint density at radius 2 is 0.986 bits per heavy atom. The van der Waals surface area contributed by atoms with E-state index in [-0.39, 0.29) is 72.3 Å². The molecule has 2 aromatic carbocycles. The molecule has 0 bridgehead atoms. The normalized spacial score (nSPS) is 19.7. The summed E-state index contributed by atoms with van der Waals surface area (Å²) in [5.41, 5.74) is 4.14. The number of amides is 4. The van der Waals surface area contributed by atoms with E-state index in [1.807, 2.05) is 135 Å². The molecular formula is C52H69Cl3N10O8. The van der Waals surface area contributed by atoms with Gasteiger partial charge in [0.25, 0.3) is 0 Å². The van der Waals surface area contributed by atoms with Crippen molar-refractivity contribution >= 4 is 65.0 Å². The van der Waals surface area contributed by atoms with E-state index in [1.54, 1.807) is 14.7 Å². The third-order valence-electron chi connectivity index (χ3n) is 12.2. The van der Waals surface area contributed by atoms with Crippen LogP contribution in [0.3, 0.4) is 0 Å². The van der Waals surface area contributed by atoms with E-state index in [0.29, 0.717) is 63.0 Å². The number of anilines is 1. The summed E-state index contributed by atoms with van der Waals surface area (Å²) in [4.78, 5) is 75.6. The van der Waals surface area contributed by atoms with Crippen LogP contribution in [0.1, 0.15) is 103 Å². The number of hydrogen-bond acceptors (Lipinski definition) is 14. The minimum Gasteiger partial charge on any atom is -0.445 e. The second-order valence-corrected chi connectivity index (χ2v) is 21.6. The highest BCUT2D eigenvalue weighted by atomic mass is 35.5. The van der Waals surface area contributed by atoms with Gasteiger partial charge in [-0.15, -0.1) is 0 Å². The second-order valence-electron chi connectivity index (χ2n) is 20.6. The molecule has 4 amide bonds. The maximum atomic E-state index is 12.8. The van der Waals surface area contributed by atoms with Gasteiger partial charge in [0.1, 0.15) is 35.4 Å². The van der Waals surface area contributed by atoms with Crippen LogP contribution in [-0.4, -0.2) is 139 Å². The van der Waals surface area contributed by atoms with Gasteiger partial charge < -0.3 is 43.9 Å². The van der Waals surface area contributed by atoms with Gasteiger partial charge in [0.2, 0.25) is 10.6 Å². The highest BCUT2D eigenvalue weighted by Crippen LogP contribution is 2.32. The molecule has 0 radical (unpaired) electrons. The first-order valence-electron chi connectivity index (χ1n) is 24.6. The maximum Gasteiger partial charge on any atom is 0.410 e. The molecule has 0 spiro atoms. The predicted molar refractivity (Wildman–Crippen MR) is 280 cm³/mol. The summed E-state index contributed by atoms with van der Waals surface area (Å²) in [5, 5.41) is 3.86. The molecular weight excluding hydrogens is 999 g/mol. The minimum atomic E-state index is -0.555. The topological polar surface area (TPSA) is 185 Å². The number of nitrogens with one attached hydrogen (secondary N) is 1. The number of rotatable bonds is 5. The Bertz CT molecular complexity index is 2510. The molecule has 18 nitrogen and oxygen atoms in total. The lowest BCUT2D eigenvalue weighted by molar-refractivity contribution is 0.00258. The van der Waals surface area contributed by atoms with Crippen LogP contribution in [0, 0.1) is 0 Å². The van der Waals surface area contributed by atoms with Crippen molar-refractivity contribution in [1.29, 1.82) is 0 Å². The van der Waals surface area contributed by atoms with E-state index < -0.39 is 11.2 Å². The molecule has 0 saturated carbocycles. The summed E-state index contributed by atoms with van der Waals surface area (Å²) in [5.74, 6) is 0.768. The molecule has 6 heterocycles. The number of nitrogens with zero attached hydrogens (tertiary/aromatic N) is 9. The van der Waals surface area contributed by atoms with Gasteiger partial charge in [-0.3, -0.25) is 4.90 Å². The molecule has 396 valence electrons. The van der Waals surface area contributed by atoms with E-state index >= 15 is 0 Å². The van der Waals surface area contributed by atoms with Crippen LogP contribution in [0.4, 0.5) is 25.0 Å². The lowest BCUT2D eigenvalue weighted by Gasteiger charge is -2.45. The fraction of sp³-hybridized carbons (Fsp3) is 0.538. The number of ether oxygens (including phenoxy) is 4. The van der Waals surface area contributed by atoms with Crippen LogP contribution in [0.5, 0.6) is 0 Å². The van der Waals surface area contributed by atoms with Crippen LogP contribution in [0.15, 0.2) is 60.7 Å². The quantitative estimate of drug-likeness (QED) is 0.113. The zero-order chi connectivity index (χ0) is 53.2. The van der Waals surface area contributed by atoms with Crippen molar-refractivity contribution in [2.24, 2.45) is 0 Å². The van der Waals surface area contributed by atoms with Crippen molar-refractivity contribution in [3.63, 3.8) is 0 Å². The number of fused-ring (bicyclic) bond motifs is 2. The number of benzene rings is 2. The average molecular weight is 1070 g/mol. The van der Waals surface area contributed by atoms with E-state index in [0.717, 1.165) is 46.9 Å². The number of carbonyl (C=O) groups excluding carboxylic acids is 4. The van der Waals surface area contributed by atoms with Crippen LogP contribution < -0.4 is 10.2 Å². The van der Waals surface area contributed by atoms with Crippen molar-refractivity contribution < 1.29 is 38.1 Å². The smallest absolute Gasteiger partial charge is 0.410 e. The van der Waals surface area contributed by atoms with E-state index in [1.165, 1.54) is 0 Å². The summed E-state index contributed by atoms with van der Waals surface area (Å²) in [7, 11) is 0. The van der Waals surface area contributed by atoms with Gasteiger partial charge in [0.05, 0.1) is 36.6 Å². The van der Waals surface area contributed by atoms with Crippen molar-refractivity contribution in [2.75, 3.05) is 44.2 Å². The first kappa shape index (κ1) is 56.6. The summed E-state index contributed by atoms with van der Waals surface area (Å²) in [6.45, 7) is 24.3. The summed E-state index contributed by atoms with van der Waals surface area (Å²) in [6, 6.07) is 19.4. The Morgan fingerprint density at radius 3 is 1.44 bits per heavy atom. The molecule has 4 aromatic rings. The number of halogens is 3. The van der Waals surface area contributed by atoms with Gasteiger partial charge in [-0.25, -0.2) is 39.1 Å². The third-order valence-corrected chi connectivity index (χ3v) is 12.8. The van der Waals surface area contributed by atoms with E-state index in [2.05, 4.69) is 30.2 Å². The van der Waals surface area contributed by atoms with E-state index in [9.17, 15) is 19.2 Å². The monoisotopic (exact) mass is 1070 g/mol. The largest absolute Gasteiger partial charge is 0.445 e. The lowest BCUT2D eigenvalue weighted by atomic mass is 10.0. The molecule has 1 N–H and O–H groups in total. The third kappa shape index (κ3) is 16.2. The molecule has 4 aliphatic rings. The van der Waals surface area contributed by atoms with Crippen molar-refractivity contribution in [3.8, 4) is 0 Å². The van der Waals surface area contributed by atoms with Crippen LogP contribution in [0.25, 0.3) is 0 Å². The second kappa shape index (κ2) is 25.0. The van der Waals surface area contributed by atoms with E-state index in [4.69, 9.17) is 53.8 Å². The van der Waals surface area contributed by atoms with Crippen molar-refractivity contribution in [3.05, 3.63) is 110 Å². The Labute approximate surface area is 444 Å². The molecule has 8 rings (SSSR count). The standard InChI is InChI=1S/C26H34ClN5O4.C15H13Cl2N3O2.C11H22N2O2/c1-17-13-31(14-18(2)32(17)25(34)36-26(3,4)5)22-20-11-12-30(15-21(20)28-23(27)29-22)24(33)35-16-19-9-7-6-8-10-19;16-13-11-6-7-20(8-12(11)18-14(17)19-13)15(21)22-9-10-4-2-1-3-5-10;1-8-6-12-7-9(2)13(8)10(14)15-11(3,4)5/h6-10,17-18H,11-16H2,1-5H3;1-5H,6-9H2;8-9,12H,6-7H2,1-5H3/t17-,18+;;8-,9+. The summed E-state index contributed by atoms with van der Waals surface area (Å²) >= 11 is 18.2. The maximum absolute atomic E-state index is 12.8. The predicted octanol–water partition coefficient (Wildman–Crippen LogP) is 9.74. The van der Waals surface area contributed by atoms with Crippen molar-refractivity contribution in [1.82, 2.24) is 44.9 Å². The van der Waals surface area contributed by atoms with Crippen molar-refractivity contribution in [2.45, 2.75) is 144 Å². The van der Waals surface area contributed by atoms with Gasteiger partial charge in [-0.05, 0) is 116 Å². The van der Waals surface area contributed by atoms with Crippen LogP contribution in [-0.2, 0) is 58.1 Å². The van der Waals surface area contributed by atoms with Crippen LogP contribution in [0.2, 0.25) is 15.7 Å². The SMILES string of the molecule is C[C@@H]1CN(c2nc(Cl)nc3c2CCN(C(=O)OCc2ccccc2)C3)C[C@H](C)N1C(=O)OC(C)(C)C.C[C@@H]1CNC[C@H](C)N1C(=O)OC(C)(C)C.O=C(OCc1ccccc1)N1CCc2c(Cl)nc(Cl)nc2C1. The molecule has 21 heteroatoms. The molecule has 2 saturated heterocycles. The summed E-state index contributed by atoms with van der Waals surface area (Å²) in [6.07, 6.45) is -0.0868. The Kier molecular flexibility index (Phi) is 19.4. The molecule has 4 aliphatic heterocycles. The van der Waals surface area contributed by atoms with Gasteiger partial charge in [-0.1, -0.05) is 72.3 Å². The highest BCUT2D eigenvalue weighted by molar-refractivity contribution is 6.32. The molecule has 4 atom stereocenters. The molecule has 73 heavy (non-hydrogen) atoms. The van der Waals surface area contributed by atoms with Gasteiger partial charge in [0.15, 0.2) is 0 Å². The molecule has 0 unspecified atom stereocenters. The Morgan fingerprint density at radius 1 is 0.575 bits per heavy atom. The first-order chi connectivity index (χ1) is 34.5. The first-order valence-corrected chi connectivity index (χ1v) is 25.7. The number of hydrogen-bond donors (Lipinski definition) is 1. The average Bonchev–Trinajstić information content (AvgIpc) is 3.31. The van der Waals surface area contributed by atoms with Gasteiger partial charge in [0, 0.05) is 62.5 Å². The highest BCUT2D eigenvalue weighted by Gasteiger charge is 2.38. The zero-order valence-corrected chi connectivity index (χ0v) is 45.8. The fourth-order valence-corrected chi connectivity index (χ4v) is 9.60. The minimum absolute atomic E-state index is 0.0824. The number of piperazine rings is 2. The summed E-state index contributed by atoms with van der Waals surface area (Å²) < 4.78 is 21.8. The number of carbonyl (C=O) groups is 4. The molecule has 2 aromatic heterocycles. The van der Waals surface area contributed by atoms with Gasteiger partial charge in [-0.2, -0.15) is 0 Å². The Balaban J connectivity index is 0.000000199. The van der Waals surface area contributed by atoms with Crippen LogP contribution >= 0.6 is 34.8 Å². The fourth-order valence-electron chi connectivity index (χ4n) is 8.91. The number of aromatic nitrogens is 4. The zero-order valence-electron chi connectivity index (χ0n) is 43.5.